The van der Waals surface area contributed by atoms with Gasteiger partial charge in [-0.05, 0) is 38.4 Å². The molecular weight excluding hydrogens is 238 g/mol. The third-order valence-corrected chi connectivity index (χ3v) is 5.52. The van der Waals surface area contributed by atoms with E-state index in [1.807, 2.05) is 0 Å². The van der Waals surface area contributed by atoms with Gasteiger partial charge in [0.25, 0.3) is 0 Å². The Morgan fingerprint density at radius 2 is 2.38 bits per heavy atom. The van der Waals surface area contributed by atoms with E-state index in [0.29, 0.717) is 10.7 Å². The lowest BCUT2D eigenvalue weighted by Crippen LogP contribution is -2.26. The highest BCUT2D eigenvalue weighted by Gasteiger charge is 2.30. The molecule has 1 N–H and O–H groups in total. The van der Waals surface area contributed by atoms with Crippen LogP contribution in [0, 0.1) is 0 Å². The Morgan fingerprint density at radius 1 is 1.50 bits per heavy atom. The topological polar surface area (TPSA) is 37.8 Å². The van der Waals surface area contributed by atoms with Crippen molar-refractivity contribution in [3.05, 3.63) is 5.82 Å². The fourth-order valence-corrected chi connectivity index (χ4v) is 3.94. The lowest BCUT2D eigenvalue weighted by atomic mass is 10.1. The Hall–Kier alpha value is -0.290. The first-order valence-electron chi connectivity index (χ1n) is 5.97. The summed E-state index contributed by atoms with van der Waals surface area (Å²) in [6, 6.07) is 0. The molecule has 0 aromatic carbocycles. The Balaban J connectivity index is 1.56. The maximum absolute atomic E-state index is 4.55. The fourth-order valence-electron chi connectivity index (χ4n) is 2.05. The third-order valence-electron chi connectivity index (χ3n) is 3.30. The van der Waals surface area contributed by atoms with Gasteiger partial charge in [-0.25, -0.2) is 4.98 Å². The van der Waals surface area contributed by atoms with E-state index in [2.05, 4.69) is 33.4 Å². The van der Waals surface area contributed by atoms with Crippen molar-refractivity contribution in [1.29, 1.82) is 0 Å². The van der Waals surface area contributed by atoms with Gasteiger partial charge in [0.1, 0.15) is 5.82 Å². The summed E-state index contributed by atoms with van der Waals surface area (Å²) in [5.74, 6) is 3.04. The second-order valence-corrected chi connectivity index (χ2v) is 7.42. The van der Waals surface area contributed by atoms with Crippen molar-refractivity contribution in [2.24, 2.45) is 0 Å². The van der Waals surface area contributed by atoms with Crippen LogP contribution in [-0.2, 0) is 0 Å². The molecule has 3 rings (SSSR count). The molecule has 16 heavy (non-hydrogen) atoms. The predicted molar refractivity (Wildman–Crippen MR) is 70.5 cm³/mol. The number of aromatic nitrogens is 2. The summed E-state index contributed by atoms with van der Waals surface area (Å²) in [4.78, 5) is 4.55. The lowest BCUT2D eigenvalue weighted by Gasteiger charge is -2.22. The largest absolute Gasteiger partial charge is 0.359 e. The van der Waals surface area contributed by atoms with Crippen molar-refractivity contribution in [3.8, 4) is 0 Å². The molecule has 1 atom stereocenters. The molecular formula is C11H17N3S2. The highest BCUT2D eigenvalue weighted by Crippen LogP contribution is 2.40. The number of hydrogen-bond donors (Lipinski definition) is 1. The number of nitrogens with zero attached hydrogens (tertiary/aromatic N) is 2. The first kappa shape index (κ1) is 10.8. The van der Waals surface area contributed by atoms with Gasteiger partial charge in [0.2, 0.25) is 5.13 Å². The second kappa shape index (κ2) is 4.18. The molecule has 0 spiro atoms. The van der Waals surface area contributed by atoms with Crippen molar-refractivity contribution >= 4 is 28.4 Å². The van der Waals surface area contributed by atoms with Gasteiger partial charge in [-0.15, -0.1) is 0 Å². The van der Waals surface area contributed by atoms with Crippen LogP contribution in [-0.4, -0.2) is 26.4 Å². The van der Waals surface area contributed by atoms with Crippen LogP contribution in [0.3, 0.4) is 0 Å². The zero-order chi connectivity index (χ0) is 11.0. The fraction of sp³-hybridized carbons (Fsp3) is 0.818. The van der Waals surface area contributed by atoms with Crippen molar-refractivity contribution < 1.29 is 0 Å². The van der Waals surface area contributed by atoms with Gasteiger partial charge in [0, 0.05) is 28.7 Å². The minimum Gasteiger partial charge on any atom is -0.359 e. The molecule has 1 aliphatic carbocycles. The van der Waals surface area contributed by atoms with Crippen molar-refractivity contribution in [3.63, 3.8) is 0 Å². The summed E-state index contributed by atoms with van der Waals surface area (Å²) in [6.07, 6.45) is 5.23. The van der Waals surface area contributed by atoms with Crippen molar-refractivity contribution in [1.82, 2.24) is 9.36 Å². The minimum atomic E-state index is 0.408. The van der Waals surface area contributed by atoms with E-state index < -0.39 is 0 Å². The highest BCUT2D eigenvalue weighted by atomic mass is 32.2. The maximum Gasteiger partial charge on any atom is 0.202 e. The van der Waals surface area contributed by atoms with E-state index in [1.165, 1.54) is 43.0 Å². The van der Waals surface area contributed by atoms with Crippen LogP contribution in [0.25, 0.3) is 0 Å². The summed E-state index contributed by atoms with van der Waals surface area (Å²) in [5, 5.41) is 4.46. The number of nitrogens with one attached hydrogen (secondary N) is 1. The molecule has 0 amide bonds. The predicted octanol–water partition coefficient (Wildman–Crippen LogP) is 3.11. The average molecular weight is 255 g/mol. The molecule has 0 radical (unpaired) electrons. The molecule has 2 heterocycles. The molecule has 1 aliphatic heterocycles. The van der Waals surface area contributed by atoms with Gasteiger partial charge in [-0.2, -0.15) is 16.1 Å². The Bertz CT molecular complexity index is 367. The first-order valence-corrected chi connectivity index (χ1v) is 7.73. The monoisotopic (exact) mass is 255 g/mol. The van der Waals surface area contributed by atoms with Crippen LogP contribution in [0.5, 0.6) is 0 Å². The minimum absolute atomic E-state index is 0.408. The normalized spacial score (nSPS) is 29.6. The average Bonchev–Trinajstić information content (AvgIpc) is 2.87. The smallest absolute Gasteiger partial charge is 0.202 e. The van der Waals surface area contributed by atoms with Crippen LogP contribution in [0.1, 0.15) is 44.3 Å². The van der Waals surface area contributed by atoms with Crippen LogP contribution in [0.4, 0.5) is 5.13 Å². The molecule has 88 valence electrons. The number of hydrogen-bond acceptors (Lipinski definition) is 5. The van der Waals surface area contributed by atoms with Gasteiger partial charge >= 0.3 is 0 Å². The van der Waals surface area contributed by atoms with Gasteiger partial charge in [-0.1, -0.05) is 0 Å². The van der Waals surface area contributed by atoms with Gasteiger partial charge in [0.15, 0.2) is 0 Å². The molecule has 5 heteroatoms. The second-order valence-electron chi connectivity index (χ2n) is 4.99. The Labute approximate surface area is 105 Å². The standard InChI is InChI=1S/C11H17N3S2/c1-11(5-2-6-15-11)7-12-10-13-9(14-16-10)8-3-4-8/h8H,2-7H2,1H3,(H,12,13,14). The summed E-state index contributed by atoms with van der Waals surface area (Å²) >= 11 is 3.60. The maximum atomic E-state index is 4.55. The van der Waals surface area contributed by atoms with Crippen LogP contribution < -0.4 is 5.32 Å². The van der Waals surface area contributed by atoms with E-state index in [4.69, 9.17) is 0 Å². The lowest BCUT2D eigenvalue weighted by molar-refractivity contribution is 0.634. The highest BCUT2D eigenvalue weighted by molar-refractivity contribution is 8.00. The van der Waals surface area contributed by atoms with Gasteiger partial charge in [-0.3, -0.25) is 0 Å². The Morgan fingerprint density at radius 3 is 3.06 bits per heavy atom. The zero-order valence-corrected chi connectivity index (χ0v) is 11.2. The number of anilines is 1. The summed E-state index contributed by atoms with van der Waals surface area (Å²) < 4.78 is 4.82. The van der Waals surface area contributed by atoms with E-state index in [9.17, 15) is 0 Å². The molecule has 2 fully saturated rings. The molecule has 1 unspecified atom stereocenters. The third kappa shape index (κ3) is 2.35. The molecule has 3 nitrogen and oxygen atoms in total. The van der Waals surface area contributed by atoms with Crippen molar-refractivity contribution in [2.45, 2.75) is 43.3 Å². The van der Waals surface area contributed by atoms with Crippen LogP contribution >= 0.6 is 23.3 Å². The molecule has 1 aromatic rings. The summed E-state index contributed by atoms with van der Waals surface area (Å²) in [5.41, 5.74) is 0. The SMILES string of the molecule is CC1(CNc2nc(C3CC3)ns2)CCCS1. The molecule has 1 saturated carbocycles. The summed E-state index contributed by atoms with van der Waals surface area (Å²) in [7, 11) is 0. The van der Waals surface area contributed by atoms with E-state index in [-0.39, 0.29) is 0 Å². The van der Waals surface area contributed by atoms with E-state index in [1.54, 1.807) is 0 Å². The number of thioether (sulfide) groups is 1. The van der Waals surface area contributed by atoms with Crippen molar-refractivity contribution in [2.75, 3.05) is 17.6 Å². The molecule has 0 bridgehead atoms. The number of rotatable bonds is 4. The van der Waals surface area contributed by atoms with Crippen LogP contribution in [0.2, 0.25) is 0 Å². The zero-order valence-electron chi connectivity index (χ0n) is 9.53. The molecule has 2 aliphatic rings. The quantitative estimate of drug-likeness (QED) is 0.897. The summed E-state index contributed by atoms with van der Waals surface area (Å²) in [6.45, 7) is 3.37. The van der Waals surface area contributed by atoms with E-state index >= 15 is 0 Å². The molecule has 1 saturated heterocycles. The van der Waals surface area contributed by atoms with Gasteiger partial charge in [0.05, 0.1) is 0 Å². The van der Waals surface area contributed by atoms with E-state index in [0.717, 1.165) is 17.5 Å². The molecule has 1 aromatic heterocycles. The Kier molecular flexibility index (Phi) is 2.83. The van der Waals surface area contributed by atoms with Gasteiger partial charge < -0.3 is 5.32 Å². The van der Waals surface area contributed by atoms with Crippen LogP contribution in [0.15, 0.2) is 0 Å². The first-order chi connectivity index (χ1) is 7.75.